The van der Waals surface area contributed by atoms with Gasteiger partial charge in [-0.2, -0.15) is 0 Å². The van der Waals surface area contributed by atoms with Gasteiger partial charge in [-0.25, -0.2) is 21.9 Å². The molecule has 0 bridgehead atoms. The lowest BCUT2D eigenvalue weighted by molar-refractivity contribution is -0.122. The molecule has 1 aliphatic carbocycles. The molecule has 0 aromatic heterocycles. The predicted octanol–water partition coefficient (Wildman–Crippen LogP) is 2.33. The monoisotopic (exact) mass is 360 g/mol. The van der Waals surface area contributed by atoms with Crippen LogP contribution in [0.5, 0.6) is 0 Å². The molecule has 1 aromatic rings. The number of hydrogen-bond donors (Lipinski definition) is 2. The standard InChI is InChI=1S/C16H22F2N2O3S/c1-11-4-2-3-5-15(11)20-16(21)8-9-19-24(22,23)12-6-7-13(17)14(18)10-12/h6-7,10-11,15,19H,2-5,8-9H2,1H3,(H,20,21). The molecule has 24 heavy (non-hydrogen) atoms. The third kappa shape index (κ3) is 4.98. The SMILES string of the molecule is CC1CCCCC1NC(=O)CCNS(=O)(=O)c1ccc(F)c(F)c1. The molecule has 8 heteroatoms. The number of hydrogen-bond acceptors (Lipinski definition) is 3. The molecule has 134 valence electrons. The first kappa shape index (κ1) is 18.8. The van der Waals surface area contributed by atoms with Gasteiger partial charge in [0.25, 0.3) is 0 Å². The second-order valence-electron chi connectivity index (χ2n) is 6.16. The van der Waals surface area contributed by atoms with Gasteiger partial charge in [0.05, 0.1) is 4.90 Å². The number of rotatable bonds is 6. The van der Waals surface area contributed by atoms with Crippen LogP contribution in [-0.4, -0.2) is 26.9 Å². The largest absolute Gasteiger partial charge is 0.353 e. The molecule has 0 radical (unpaired) electrons. The molecule has 1 aromatic carbocycles. The van der Waals surface area contributed by atoms with Crippen molar-refractivity contribution in [3.8, 4) is 0 Å². The van der Waals surface area contributed by atoms with Crippen molar-refractivity contribution in [2.45, 2.75) is 50.0 Å². The van der Waals surface area contributed by atoms with Crippen LogP contribution in [0, 0.1) is 17.6 Å². The summed E-state index contributed by atoms with van der Waals surface area (Å²) in [5.74, 6) is -2.15. The summed E-state index contributed by atoms with van der Waals surface area (Å²) in [5.41, 5.74) is 0. The highest BCUT2D eigenvalue weighted by Gasteiger charge is 2.23. The van der Waals surface area contributed by atoms with E-state index in [4.69, 9.17) is 0 Å². The molecular weight excluding hydrogens is 338 g/mol. The fourth-order valence-corrected chi connectivity index (χ4v) is 3.88. The minimum Gasteiger partial charge on any atom is -0.353 e. The van der Waals surface area contributed by atoms with Gasteiger partial charge < -0.3 is 5.32 Å². The van der Waals surface area contributed by atoms with Gasteiger partial charge in [-0.1, -0.05) is 19.8 Å². The Labute approximate surface area is 140 Å². The van der Waals surface area contributed by atoms with Crippen molar-refractivity contribution in [1.82, 2.24) is 10.0 Å². The van der Waals surface area contributed by atoms with Crippen molar-refractivity contribution in [3.05, 3.63) is 29.8 Å². The molecule has 2 N–H and O–H groups in total. The predicted molar refractivity (Wildman–Crippen MR) is 85.7 cm³/mol. The van der Waals surface area contributed by atoms with E-state index in [1.165, 1.54) is 6.42 Å². The summed E-state index contributed by atoms with van der Waals surface area (Å²) in [6, 6.07) is 2.47. The number of amides is 1. The number of benzene rings is 1. The van der Waals surface area contributed by atoms with Crippen LogP contribution in [0.15, 0.2) is 23.1 Å². The number of nitrogens with one attached hydrogen (secondary N) is 2. The molecule has 1 aliphatic rings. The van der Waals surface area contributed by atoms with Gasteiger partial charge in [-0.05, 0) is 37.0 Å². The Bertz CT molecular complexity index is 695. The lowest BCUT2D eigenvalue weighted by Crippen LogP contribution is -2.42. The Morgan fingerprint density at radius 3 is 2.58 bits per heavy atom. The van der Waals surface area contributed by atoms with E-state index in [0.717, 1.165) is 31.4 Å². The zero-order chi connectivity index (χ0) is 17.7. The van der Waals surface area contributed by atoms with Crippen molar-refractivity contribution in [1.29, 1.82) is 0 Å². The number of sulfonamides is 1. The first-order chi connectivity index (χ1) is 11.3. The van der Waals surface area contributed by atoms with Crippen LogP contribution in [0.25, 0.3) is 0 Å². The topological polar surface area (TPSA) is 75.3 Å². The minimum atomic E-state index is -3.98. The Kier molecular flexibility index (Phi) is 6.28. The molecule has 1 amide bonds. The number of carbonyl (C=O) groups excluding carboxylic acids is 1. The van der Waals surface area contributed by atoms with Crippen LogP contribution in [0.3, 0.4) is 0 Å². The molecule has 0 saturated heterocycles. The van der Waals surface area contributed by atoms with Gasteiger partial charge in [-0.3, -0.25) is 4.79 Å². The van der Waals surface area contributed by atoms with Crippen LogP contribution in [0.4, 0.5) is 8.78 Å². The molecule has 0 heterocycles. The van der Waals surface area contributed by atoms with Gasteiger partial charge >= 0.3 is 0 Å². The highest BCUT2D eigenvalue weighted by atomic mass is 32.2. The minimum absolute atomic E-state index is 0.00781. The average molecular weight is 360 g/mol. The normalized spacial score (nSPS) is 21.5. The second kappa shape index (κ2) is 8.02. The van der Waals surface area contributed by atoms with E-state index in [2.05, 4.69) is 17.0 Å². The Morgan fingerprint density at radius 2 is 1.92 bits per heavy atom. The van der Waals surface area contributed by atoms with Gasteiger partial charge in [0.1, 0.15) is 0 Å². The molecule has 2 unspecified atom stereocenters. The summed E-state index contributed by atoms with van der Waals surface area (Å²) in [6.07, 6.45) is 4.26. The highest BCUT2D eigenvalue weighted by Crippen LogP contribution is 2.23. The maximum Gasteiger partial charge on any atom is 0.240 e. The first-order valence-electron chi connectivity index (χ1n) is 8.03. The smallest absolute Gasteiger partial charge is 0.240 e. The molecule has 0 spiro atoms. The number of halogens is 2. The van der Waals surface area contributed by atoms with E-state index in [1.54, 1.807) is 0 Å². The maximum absolute atomic E-state index is 13.1. The Morgan fingerprint density at radius 1 is 1.21 bits per heavy atom. The number of carbonyl (C=O) groups is 1. The third-order valence-electron chi connectivity index (χ3n) is 4.30. The van der Waals surface area contributed by atoms with Gasteiger partial charge in [0, 0.05) is 19.0 Å². The van der Waals surface area contributed by atoms with Crippen LogP contribution >= 0.6 is 0 Å². The fourth-order valence-electron chi connectivity index (χ4n) is 2.84. The van der Waals surface area contributed by atoms with Crippen molar-refractivity contribution in [2.24, 2.45) is 5.92 Å². The zero-order valence-corrected chi connectivity index (χ0v) is 14.3. The average Bonchev–Trinajstić information content (AvgIpc) is 2.52. The quantitative estimate of drug-likeness (QED) is 0.818. The summed E-state index contributed by atoms with van der Waals surface area (Å²) < 4.78 is 52.2. The molecule has 5 nitrogen and oxygen atoms in total. The molecule has 1 saturated carbocycles. The second-order valence-corrected chi connectivity index (χ2v) is 7.93. The van der Waals surface area contributed by atoms with E-state index in [-0.39, 0.29) is 29.8 Å². The van der Waals surface area contributed by atoms with Crippen molar-refractivity contribution in [2.75, 3.05) is 6.54 Å². The fraction of sp³-hybridized carbons (Fsp3) is 0.562. The molecule has 0 aliphatic heterocycles. The van der Waals surface area contributed by atoms with E-state index in [1.807, 2.05) is 0 Å². The summed E-state index contributed by atoms with van der Waals surface area (Å²) in [4.78, 5) is 11.5. The molecule has 2 rings (SSSR count). The Balaban J connectivity index is 1.83. The highest BCUT2D eigenvalue weighted by molar-refractivity contribution is 7.89. The molecule has 1 fully saturated rings. The Hall–Kier alpha value is -1.54. The maximum atomic E-state index is 13.1. The summed E-state index contributed by atoms with van der Waals surface area (Å²) >= 11 is 0. The van der Waals surface area contributed by atoms with E-state index < -0.39 is 21.7 Å². The summed E-state index contributed by atoms with van der Waals surface area (Å²) in [7, 11) is -3.98. The lowest BCUT2D eigenvalue weighted by Gasteiger charge is -2.29. The van der Waals surface area contributed by atoms with Crippen molar-refractivity contribution < 1.29 is 22.0 Å². The lowest BCUT2D eigenvalue weighted by atomic mass is 9.86. The van der Waals surface area contributed by atoms with Gasteiger partial charge in [-0.15, -0.1) is 0 Å². The van der Waals surface area contributed by atoms with Crippen LogP contribution in [-0.2, 0) is 14.8 Å². The van der Waals surface area contributed by atoms with Gasteiger partial charge in [0.15, 0.2) is 11.6 Å². The third-order valence-corrected chi connectivity index (χ3v) is 5.76. The van der Waals surface area contributed by atoms with Crippen LogP contribution in [0.2, 0.25) is 0 Å². The van der Waals surface area contributed by atoms with E-state index in [0.29, 0.717) is 12.0 Å². The van der Waals surface area contributed by atoms with E-state index in [9.17, 15) is 22.0 Å². The van der Waals surface area contributed by atoms with E-state index >= 15 is 0 Å². The molecular formula is C16H22F2N2O3S. The van der Waals surface area contributed by atoms with Crippen LogP contribution < -0.4 is 10.0 Å². The summed E-state index contributed by atoms with van der Waals surface area (Å²) in [5, 5.41) is 2.93. The zero-order valence-electron chi connectivity index (χ0n) is 13.5. The van der Waals surface area contributed by atoms with Crippen LogP contribution in [0.1, 0.15) is 39.0 Å². The summed E-state index contributed by atoms with van der Waals surface area (Å²) in [6.45, 7) is 1.99. The first-order valence-corrected chi connectivity index (χ1v) is 9.52. The van der Waals surface area contributed by atoms with Crippen molar-refractivity contribution in [3.63, 3.8) is 0 Å². The van der Waals surface area contributed by atoms with Crippen molar-refractivity contribution >= 4 is 15.9 Å². The molecule has 2 atom stereocenters. The van der Waals surface area contributed by atoms with Gasteiger partial charge in [0.2, 0.25) is 15.9 Å².